The average Bonchev–Trinajstić information content (AvgIpc) is 2.78. The Morgan fingerprint density at radius 3 is 2.48 bits per heavy atom. The van der Waals surface area contributed by atoms with Crippen LogP contribution < -0.4 is 10.6 Å². The van der Waals surface area contributed by atoms with Gasteiger partial charge in [-0.15, -0.1) is 10.2 Å². The Morgan fingerprint density at radius 2 is 1.90 bits per heavy atom. The number of alkyl halides is 3. The number of nitrogens with zero attached hydrogens (tertiary/aromatic N) is 3. The fourth-order valence-electron chi connectivity index (χ4n) is 1.39. The van der Waals surface area contributed by atoms with Crippen molar-refractivity contribution in [3.05, 3.63) is 34.6 Å². The van der Waals surface area contributed by atoms with Gasteiger partial charge in [-0.2, -0.15) is 13.2 Å². The first-order valence-corrected chi connectivity index (χ1v) is 7.44. The van der Waals surface area contributed by atoms with Crippen molar-refractivity contribution in [3.63, 3.8) is 0 Å². The van der Waals surface area contributed by atoms with Crippen molar-refractivity contribution in [2.45, 2.75) is 11.3 Å². The van der Waals surface area contributed by atoms with Crippen LogP contribution in [0.2, 0.25) is 0 Å². The molecule has 0 saturated heterocycles. The molecule has 0 aliphatic carbocycles. The van der Waals surface area contributed by atoms with E-state index in [2.05, 4.69) is 26.1 Å². The second-order valence-electron chi connectivity index (χ2n) is 3.82. The number of benzene rings is 1. The lowest BCUT2D eigenvalue weighted by atomic mass is 10.3. The van der Waals surface area contributed by atoms with Gasteiger partial charge in [-0.25, -0.2) is 4.68 Å². The van der Waals surface area contributed by atoms with E-state index in [1.807, 2.05) is 12.1 Å². The molecule has 0 saturated carbocycles. The number of aromatic nitrogens is 3. The Morgan fingerprint density at radius 1 is 1.24 bits per heavy atom. The Bertz CT molecular complexity index is 603. The number of nitrogens with two attached hydrogens (primary N) is 1. The van der Waals surface area contributed by atoms with Crippen molar-refractivity contribution in [3.8, 4) is 5.75 Å². The van der Waals surface area contributed by atoms with Gasteiger partial charge in [0.2, 0.25) is 5.16 Å². The van der Waals surface area contributed by atoms with Crippen molar-refractivity contribution in [1.82, 2.24) is 14.9 Å². The third-order valence-electron chi connectivity index (χ3n) is 2.31. The molecule has 1 aromatic heterocycles. The van der Waals surface area contributed by atoms with Gasteiger partial charge >= 0.3 is 6.18 Å². The van der Waals surface area contributed by atoms with E-state index in [1.54, 1.807) is 12.1 Å². The number of thioether (sulfide) groups is 1. The van der Waals surface area contributed by atoms with Gasteiger partial charge in [0.1, 0.15) is 5.75 Å². The zero-order valence-electron chi connectivity index (χ0n) is 10.5. The number of hydrogen-bond acceptors (Lipinski definition) is 5. The second-order valence-corrected chi connectivity index (χ2v) is 5.80. The molecule has 1 aromatic carbocycles. The molecule has 0 radical (unpaired) electrons. The van der Waals surface area contributed by atoms with Gasteiger partial charge in [-0.3, -0.25) is 0 Å². The number of ether oxygens (including phenoxy) is 1. The minimum Gasteiger partial charge on any atom is -0.493 e. The van der Waals surface area contributed by atoms with E-state index in [4.69, 9.17) is 10.6 Å². The van der Waals surface area contributed by atoms with Crippen LogP contribution in [0.4, 0.5) is 13.2 Å². The van der Waals surface area contributed by atoms with Gasteiger partial charge in [0.05, 0.1) is 6.61 Å². The SMILES string of the molecule is Nn1c(SCCOc2ccc(Br)cc2)nnc1C(F)(F)F. The highest BCUT2D eigenvalue weighted by Crippen LogP contribution is 2.28. The summed E-state index contributed by atoms with van der Waals surface area (Å²) < 4.78 is 44.2. The van der Waals surface area contributed by atoms with Gasteiger partial charge in [0, 0.05) is 10.2 Å². The maximum absolute atomic E-state index is 12.5. The van der Waals surface area contributed by atoms with Gasteiger partial charge in [0.25, 0.3) is 5.82 Å². The Hall–Kier alpha value is -1.42. The lowest BCUT2D eigenvalue weighted by Gasteiger charge is -2.07. The largest absolute Gasteiger partial charge is 0.493 e. The summed E-state index contributed by atoms with van der Waals surface area (Å²) in [4.78, 5) is 0. The van der Waals surface area contributed by atoms with Crippen molar-refractivity contribution in [2.24, 2.45) is 0 Å². The lowest BCUT2D eigenvalue weighted by molar-refractivity contribution is -0.146. The van der Waals surface area contributed by atoms with Crippen molar-refractivity contribution < 1.29 is 17.9 Å². The summed E-state index contributed by atoms with van der Waals surface area (Å²) in [5.41, 5.74) is 0. The smallest absolute Gasteiger partial charge is 0.453 e. The van der Waals surface area contributed by atoms with E-state index in [9.17, 15) is 13.2 Å². The molecule has 21 heavy (non-hydrogen) atoms. The molecule has 0 amide bonds. The van der Waals surface area contributed by atoms with E-state index >= 15 is 0 Å². The van der Waals surface area contributed by atoms with E-state index in [0.29, 0.717) is 22.8 Å². The molecular formula is C11H10BrF3N4OS. The molecule has 2 aromatic rings. The summed E-state index contributed by atoms with van der Waals surface area (Å²) in [7, 11) is 0. The summed E-state index contributed by atoms with van der Waals surface area (Å²) in [6.07, 6.45) is -4.62. The summed E-state index contributed by atoms with van der Waals surface area (Å²) >= 11 is 4.34. The highest BCUT2D eigenvalue weighted by Gasteiger charge is 2.38. The molecule has 2 rings (SSSR count). The highest BCUT2D eigenvalue weighted by molar-refractivity contribution is 9.10. The highest BCUT2D eigenvalue weighted by atomic mass is 79.9. The van der Waals surface area contributed by atoms with Crippen LogP contribution in [-0.4, -0.2) is 27.2 Å². The van der Waals surface area contributed by atoms with Crippen molar-refractivity contribution in [2.75, 3.05) is 18.2 Å². The van der Waals surface area contributed by atoms with E-state index in [-0.39, 0.29) is 5.16 Å². The molecule has 0 atom stereocenters. The Labute approximate surface area is 130 Å². The van der Waals surface area contributed by atoms with Crippen LogP contribution in [0.3, 0.4) is 0 Å². The molecule has 5 nitrogen and oxygen atoms in total. The summed E-state index contributed by atoms with van der Waals surface area (Å²) in [6, 6.07) is 7.22. The topological polar surface area (TPSA) is 66.0 Å². The number of halogens is 4. The molecular weight excluding hydrogens is 373 g/mol. The zero-order chi connectivity index (χ0) is 15.5. The minimum atomic E-state index is -4.62. The first kappa shape index (κ1) is 16.0. The molecule has 0 fully saturated rings. The first-order valence-electron chi connectivity index (χ1n) is 5.67. The summed E-state index contributed by atoms with van der Waals surface area (Å²) in [5.74, 6) is 5.14. The van der Waals surface area contributed by atoms with E-state index in [0.717, 1.165) is 16.2 Å². The molecule has 10 heteroatoms. The molecule has 2 N–H and O–H groups in total. The third-order valence-corrected chi connectivity index (χ3v) is 3.75. The molecule has 0 unspecified atom stereocenters. The molecule has 0 aliphatic heterocycles. The van der Waals surface area contributed by atoms with Crippen LogP contribution in [0.25, 0.3) is 0 Å². The van der Waals surface area contributed by atoms with Crippen molar-refractivity contribution in [1.29, 1.82) is 0 Å². The lowest BCUT2D eigenvalue weighted by Crippen LogP contribution is -2.21. The van der Waals surface area contributed by atoms with Crippen LogP contribution in [0.15, 0.2) is 33.9 Å². The third kappa shape index (κ3) is 4.27. The maximum atomic E-state index is 12.5. The quantitative estimate of drug-likeness (QED) is 0.489. The second kappa shape index (κ2) is 6.56. The molecule has 1 heterocycles. The van der Waals surface area contributed by atoms with Crippen LogP contribution in [-0.2, 0) is 6.18 Å². The number of hydrogen-bond donors (Lipinski definition) is 1. The predicted octanol–water partition coefficient (Wildman–Crippen LogP) is 2.94. The molecule has 0 spiro atoms. The van der Waals surface area contributed by atoms with Crippen LogP contribution in [0.5, 0.6) is 5.75 Å². The van der Waals surface area contributed by atoms with E-state index < -0.39 is 12.0 Å². The Balaban J connectivity index is 1.84. The van der Waals surface area contributed by atoms with Crippen LogP contribution >= 0.6 is 27.7 Å². The first-order chi connectivity index (χ1) is 9.88. The normalized spacial score (nSPS) is 11.6. The molecule has 0 bridgehead atoms. The maximum Gasteiger partial charge on any atom is 0.453 e. The summed E-state index contributed by atoms with van der Waals surface area (Å²) in [6.45, 7) is 0.306. The minimum absolute atomic E-state index is 0.0123. The van der Waals surface area contributed by atoms with Gasteiger partial charge < -0.3 is 10.6 Å². The summed E-state index contributed by atoms with van der Waals surface area (Å²) in [5, 5.41) is 6.42. The standard InChI is InChI=1S/C11H10BrF3N4OS/c12-7-1-3-8(4-2-7)20-5-6-21-10-18-17-9(19(10)16)11(13,14)15/h1-4H,5-6,16H2. The average molecular weight is 383 g/mol. The number of rotatable bonds is 5. The molecule has 0 aliphatic rings. The Kier molecular flexibility index (Phi) is 4.99. The number of nitrogen functional groups attached to an aromatic ring is 1. The zero-order valence-corrected chi connectivity index (χ0v) is 12.9. The molecule has 114 valence electrons. The van der Waals surface area contributed by atoms with E-state index in [1.165, 1.54) is 0 Å². The predicted molar refractivity (Wildman–Crippen MR) is 75.5 cm³/mol. The monoisotopic (exact) mass is 382 g/mol. The van der Waals surface area contributed by atoms with Crippen LogP contribution in [0, 0.1) is 0 Å². The fourth-order valence-corrected chi connectivity index (χ4v) is 2.33. The van der Waals surface area contributed by atoms with Gasteiger partial charge in [-0.1, -0.05) is 27.7 Å². The van der Waals surface area contributed by atoms with Crippen LogP contribution in [0.1, 0.15) is 5.82 Å². The fraction of sp³-hybridized carbons (Fsp3) is 0.273. The van der Waals surface area contributed by atoms with Gasteiger partial charge in [-0.05, 0) is 24.3 Å². The van der Waals surface area contributed by atoms with Gasteiger partial charge in [0.15, 0.2) is 0 Å². The van der Waals surface area contributed by atoms with Crippen molar-refractivity contribution >= 4 is 27.7 Å².